The zero-order valence-electron chi connectivity index (χ0n) is 10.2. The van der Waals surface area contributed by atoms with Gasteiger partial charge in [-0.1, -0.05) is 18.2 Å². The summed E-state index contributed by atoms with van der Waals surface area (Å²) in [6, 6.07) is 12.0. The van der Waals surface area contributed by atoms with E-state index in [9.17, 15) is 0 Å². The van der Waals surface area contributed by atoms with Crippen molar-refractivity contribution in [1.29, 1.82) is 0 Å². The summed E-state index contributed by atoms with van der Waals surface area (Å²) in [4.78, 5) is 8.94. The van der Waals surface area contributed by atoms with Gasteiger partial charge in [0.15, 0.2) is 5.65 Å². The van der Waals surface area contributed by atoms with Gasteiger partial charge in [-0.25, -0.2) is 9.97 Å². The quantitative estimate of drug-likeness (QED) is 0.744. The first-order valence-electron chi connectivity index (χ1n) is 5.89. The van der Waals surface area contributed by atoms with Crippen LogP contribution in [-0.2, 0) is 6.54 Å². The number of benzene rings is 1. The molecule has 0 aliphatic rings. The normalized spacial score (nSPS) is 11.0. The number of pyridine rings is 1. The average Bonchev–Trinajstić information content (AvgIpc) is 2.78. The number of hydrogen-bond acceptors (Lipinski definition) is 3. The van der Waals surface area contributed by atoms with Crippen LogP contribution >= 0.6 is 0 Å². The maximum Gasteiger partial charge on any atom is 0.164 e. The Labute approximate surface area is 105 Å². The van der Waals surface area contributed by atoms with E-state index in [-0.39, 0.29) is 0 Å². The Kier molecular flexibility index (Phi) is 2.57. The van der Waals surface area contributed by atoms with Crippen LogP contribution in [-0.4, -0.2) is 14.5 Å². The summed E-state index contributed by atoms with van der Waals surface area (Å²) >= 11 is 0. The van der Waals surface area contributed by atoms with Gasteiger partial charge in [-0.15, -0.1) is 0 Å². The third-order valence-corrected chi connectivity index (χ3v) is 3.02. The molecule has 3 rings (SSSR count). The molecule has 90 valence electrons. The van der Waals surface area contributed by atoms with Crippen molar-refractivity contribution in [3.05, 3.63) is 54.0 Å². The number of aromatic nitrogens is 3. The SMILES string of the molecule is Cc1ccccc1-n1c(CN)nc2cccnc21. The Morgan fingerprint density at radius 2 is 2.00 bits per heavy atom. The number of rotatable bonds is 2. The highest BCUT2D eigenvalue weighted by Gasteiger charge is 2.12. The number of nitrogens with two attached hydrogens (primary N) is 1. The van der Waals surface area contributed by atoms with Crippen molar-refractivity contribution in [3.63, 3.8) is 0 Å². The third-order valence-electron chi connectivity index (χ3n) is 3.02. The Morgan fingerprint density at radius 3 is 2.78 bits per heavy atom. The van der Waals surface area contributed by atoms with Gasteiger partial charge in [0.05, 0.1) is 12.2 Å². The molecule has 0 aliphatic heterocycles. The Morgan fingerprint density at radius 1 is 1.17 bits per heavy atom. The predicted molar refractivity (Wildman–Crippen MR) is 71.5 cm³/mol. The molecule has 0 radical (unpaired) electrons. The van der Waals surface area contributed by atoms with E-state index in [4.69, 9.17) is 5.73 Å². The van der Waals surface area contributed by atoms with E-state index in [1.165, 1.54) is 5.56 Å². The van der Waals surface area contributed by atoms with Gasteiger partial charge in [-0.3, -0.25) is 4.57 Å². The van der Waals surface area contributed by atoms with Crippen LogP contribution in [0.3, 0.4) is 0 Å². The van der Waals surface area contributed by atoms with E-state index < -0.39 is 0 Å². The second-order valence-electron chi connectivity index (χ2n) is 4.20. The van der Waals surface area contributed by atoms with Gasteiger partial charge in [0.1, 0.15) is 11.3 Å². The molecule has 18 heavy (non-hydrogen) atoms. The molecule has 0 amide bonds. The van der Waals surface area contributed by atoms with E-state index in [0.29, 0.717) is 6.54 Å². The second kappa shape index (κ2) is 4.23. The molecule has 0 saturated carbocycles. The molecule has 2 N–H and O–H groups in total. The van der Waals surface area contributed by atoms with E-state index in [1.807, 2.05) is 28.8 Å². The highest BCUT2D eigenvalue weighted by atomic mass is 15.1. The second-order valence-corrected chi connectivity index (χ2v) is 4.20. The Hall–Kier alpha value is -2.20. The summed E-state index contributed by atoms with van der Waals surface area (Å²) in [5.74, 6) is 0.831. The fourth-order valence-corrected chi connectivity index (χ4v) is 2.16. The highest BCUT2D eigenvalue weighted by Crippen LogP contribution is 2.21. The van der Waals surface area contributed by atoms with Gasteiger partial charge in [0.2, 0.25) is 0 Å². The molecule has 0 spiro atoms. The van der Waals surface area contributed by atoms with Gasteiger partial charge in [0.25, 0.3) is 0 Å². The van der Waals surface area contributed by atoms with E-state index in [2.05, 4.69) is 29.0 Å². The molecule has 2 aromatic heterocycles. The third kappa shape index (κ3) is 1.58. The summed E-state index contributed by atoms with van der Waals surface area (Å²) in [5.41, 5.74) is 9.78. The van der Waals surface area contributed by atoms with Crippen molar-refractivity contribution in [3.8, 4) is 5.69 Å². The van der Waals surface area contributed by atoms with Crippen LogP contribution in [0.25, 0.3) is 16.9 Å². The minimum absolute atomic E-state index is 0.394. The molecular formula is C14H14N4. The molecule has 4 heteroatoms. The van der Waals surface area contributed by atoms with Crippen LogP contribution in [0.15, 0.2) is 42.6 Å². The molecule has 0 aliphatic carbocycles. The standard InChI is InChI=1S/C14H14N4/c1-10-5-2-3-7-12(10)18-13(9-15)17-11-6-4-8-16-14(11)18/h2-8H,9,15H2,1H3. The number of aryl methyl sites for hydroxylation is 1. The first kappa shape index (κ1) is 10.9. The van der Waals surface area contributed by atoms with E-state index in [1.54, 1.807) is 6.20 Å². The summed E-state index contributed by atoms with van der Waals surface area (Å²) in [6.07, 6.45) is 1.78. The van der Waals surface area contributed by atoms with Gasteiger partial charge >= 0.3 is 0 Å². The number of fused-ring (bicyclic) bond motifs is 1. The molecule has 1 aromatic carbocycles. The van der Waals surface area contributed by atoms with Crippen molar-refractivity contribution in [1.82, 2.24) is 14.5 Å². The minimum atomic E-state index is 0.394. The zero-order chi connectivity index (χ0) is 12.5. The lowest BCUT2D eigenvalue weighted by atomic mass is 10.2. The fourth-order valence-electron chi connectivity index (χ4n) is 2.16. The topological polar surface area (TPSA) is 56.7 Å². The number of nitrogens with zero attached hydrogens (tertiary/aromatic N) is 3. The summed E-state index contributed by atoms with van der Waals surface area (Å²) in [5, 5.41) is 0. The van der Waals surface area contributed by atoms with E-state index >= 15 is 0 Å². The highest BCUT2D eigenvalue weighted by molar-refractivity contribution is 5.74. The molecule has 0 atom stereocenters. The van der Waals surface area contributed by atoms with Crippen LogP contribution in [0, 0.1) is 6.92 Å². The molecule has 2 heterocycles. The predicted octanol–water partition coefficient (Wildman–Crippen LogP) is 2.19. The van der Waals surface area contributed by atoms with Crippen molar-refractivity contribution < 1.29 is 0 Å². The maximum atomic E-state index is 5.79. The lowest BCUT2D eigenvalue weighted by Gasteiger charge is -2.10. The molecule has 4 nitrogen and oxygen atoms in total. The first-order chi connectivity index (χ1) is 8.81. The van der Waals surface area contributed by atoms with E-state index in [0.717, 1.165) is 22.7 Å². The maximum absolute atomic E-state index is 5.79. The molecule has 0 bridgehead atoms. The molecule has 0 saturated heterocycles. The summed E-state index contributed by atoms with van der Waals surface area (Å²) in [6.45, 7) is 2.47. The minimum Gasteiger partial charge on any atom is -0.324 e. The molecule has 0 fully saturated rings. The summed E-state index contributed by atoms with van der Waals surface area (Å²) in [7, 11) is 0. The number of hydrogen-bond donors (Lipinski definition) is 1. The average molecular weight is 238 g/mol. The molecule has 3 aromatic rings. The smallest absolute Gasteiger partial charge is 0.164 e. The van der Waals surface area contributed by atoms with Crippen molar-refractivity contribution in [2.24, 2.45) is 5.73 Å². The van der Waals surface area contributed by atoms with Crippen molar-refractivity contribution in [2.75, 3.05) is 0 Å². The monoisotopic (exact) mass is 238 g/mol. The van der Waals surface area contributed by atoms with Crippen LogP contribution < -0.4 is 5.73 Å². The first-order valence-corrected chi connectivity index (χ1v) is 5.89. The van der Waals surface area contributed by atoms with Crippen LogP contribution in [0.5, 0.6) is 0 Å². The van der Waals surface area contributed by atoms with Gasteiger partial charge < -0.3 is 5.73 Å². The largest absolute Gasteiger partial charge is 0.324 e. The van der Waals surface area contributed by atoms with Crippen LogP contribution in [0.2, 0.25) is 0 Å². The molecule has 0 unspecified atom stereocenters. The Balaban J connectivity index is 2.37. The van der Waals surface area contributed by atoms with Crippen molar-refractivity contribution >= 4 is 11.2 Å². The van der Waals surface area contributed by atoms with Gasteiger partial charge in [0, 0.05) is 6.20 Å². The molecular weight excluding hydrogens is 224 g/mol. The number of imidazole rings is 1. The lowest BCUT2D eigenvalue weighted by molar-refractivity contribution is 0.873. The lowest BCUT2D eigenvalue weighted by Crippen LogP contribution is -2.08. The van der Waals surface area contributed by atoms with Gasteiger partial charge in [-0.2, -0.15) is 0 Å². The van der Waals surface area contributed by atoms with Crippen LogP contribution in [0.1, 0.15) is 11.4 Å². The zero-order valence-corrected chi connectivity index (χ0v) is 10.2. The summed E-state index contributed by atoms with van der Waals surface area (Å²) < 4.78 is 2.03. The number of para-hydroxylation sites is 1. The Bertz CT molecular complexity index is 700. The van der Waals surface area contributed by atoms with Crippen LogP contribution in [0.4, 0.5) is 0 Å². The van der Waals surface area contributed by atoms with Gasteiger partial charge in [-0.05, 0) is 30.7 Å². The fraction of sp³-hybridized carbons (Fsp3) is 0.143. The van der Waals surface area contributed by atoms with Crippen molar-refractivity contribution in [2.45, 2.75) is 13.5 Å².